The van der Waals surface area contributed by atoms with Crippen molar-refractivity contribution in [2.45, 2.75) is 31.7 Å². The van der Waals surface area contributed by atoms with E-state index < -0.39 is 0 Å². The Balaban J connectivity index is 1.45. The van der Waals surface area contributed by atoms with Gasteiger partial charge in [0.15, 0.2) is 17.5 Å². The molecule has 3 rings (SSSR count). The molecule has 0 aliphatic carbocycles. The second-order valence-electron chi connectivity index (χ2n) is 8.02. The Hall–Kier alpha value is -2.25. The van der Waals surface area contributed by atoms with Crippen LogP contribution in [0.25, 0.3) is 0 Å². The highest BCUT2D eigenvalue weighted by atomic mass is 32.1. The van der Waals surface area contributed by atoms with Crippen LogP contribution < -0.4 is 20.1 Å². The van der Waals surface area contributed by atoms with Crippen LogP contribution in [0.2, 0.25) is 0 Å². The minimum atomic E-state index is 0.490. The maximum Gasteiger partial charge on any atom is 0.190 e. The number of thiophene rings is 1. The minimum Gasteiger partial charge on any atom is -0.493 e. The van der Waals surface area contributed by atoms with Gasteiger partial charge >= 0.3 is 0 Å². The number of methoxy groups -OCH3 is 2. The molecule has 2 heterocycles. The SMILES string of the molecule is CN=C(NCCCc1ccc(OC)c(OC)c1)NCC1CCCN(C)C1c1cccs1. The molecule has 0 amide bonds. The lowest BCUT2D eigenvalue weighted by Gasteiger charge is -2.39. The molecule has 170 valence electrons. The van der Waals surface area contributed by atoms with Crippen LogP contribution in [-0.2, 0) is 6.42 Å². The van der Waals surface area contributed by atoms with E-state index in [2.05, 4.69) is 57.2 Å². The van der Waals surface area contributed by atoms with Crippen molar-refractivity contribution >= 4 is 17.3 Å². The van der Waals surface area contributed by atoms with Crippen molar-refractivity contribution in [3.05, 3.63) is 46.2 Å². The van der Waals surface area contributed by atoms with E-state index in [-0.39, 0.29) is 0 Å². The van der Waals surface area contributed by atoms with Crippen LogP contribution in [-0.4, -0.2) is 58.8 Å². The molecule has 1 aromatic heterocycles. The lowest BCUT2D eigenvalue weighted by molar-refractivity contribution is 0.125. The molecule has 1 aromatic carbocycles. The topological polar surface area (TPSA) is 58.1 Å². The highest BCUT2D eigenvalue weighted by Gasteiger charge is 2.31. The summed E-state index contributed by atoms with van der Waals surface area (Å²) in [4.78, 5) is 8.39. The van der Waals surface area contributed by atoms with Crippen LogP contribution in [0.1, 0.15) is 35.7 Å². The summed E-state index contributed by atoms with van der Waals surface area (Å²) in [6.45, 7) is 2.97. The molecule has 2 unspecified atom stereocenters. The van der Waals surface area contributed by atoms with E-state index in [4.69, 9.17) is 9.47 Å². The average Bonchev–Trinajstić information content (AvgIpc) is 3.32. The predicted octanol–water partition coefficient (Wildman–Crippen LogP) is 3.95. The number of ether oxygens (including phenoxy) is 2. The molecule has 31 heavy (non-hydrogen) atoms. The third-order valence-corrected chi connectivity index (χ3v) is 6.92. The molecule has 2 aromatic rings. The fourth-order valence-electron chi connectivity index (χ4n) is 4.37. The third-order valence-electron chi connectivity index (χ3n) is 5.98. The number of hydrogen-bond donors (Lipinski definition) is 2. The summed E-state index contributed by atoms with van der Waals surface area (Å²) in [7, 11) is 7.42. The van der Waals surface area contributed by atoms with Crippen molar-refractivity contribution in [1.82, 2.24) is 15.5 Å². The molecular weight excluding hydrogens is 408 g/mol. The molecule has 0 bridgehead atoms. The van der Waals surface area contributed by atoms with E-state index in [1.54, 1.807) is 14.2 Å². The Bertz CT molecular complexity index is 825. The molecule has 7 heteroatoms. The van der Waals surface area contributed by atoms with Gasteiger partial charge in [-0.25, -0.2) is 0 Å². The number of piperidine rings is 1. The fourth-order valence-corrected chi connectivity index (χ4v) is 5.35. The number of benzene rings is 1. The normalized spacial score (nSPS) is 19.8. The Morgan fingerprint density at radius 1 is 1.19 bits per heavy atom. The molecule has 2 N–H and O–H groups in total. The summed E-state index contributed by atoms with van der Waals surface area (Å²) in [5.74, 6) is 3.01. The largest absolute Gasteiger partial charge is 0.493 e. The summed E-state index contributed by atoms with van der Waals surface area (Å²) in [5, 5.41) is 9.21. The zero-order valence-electron chi connectivity index (χ0n) is 19.2. The summed E-state index contributed by atoms with van der Waals surface area (Å²) in [5.41, 5.74) is 1.24. The maximum absolute atomic E-state index is 5.40. The molecule has 2 atom stereocenters. The smallest absolute Gasteiger partial charge is 0.190 e. The molecule has 0 spiro atoms. The average molecular weight is 445 g/mol. The molecule has 6 nitrogen and oxygen atoms in total. The second kappa shape index (κ2) is 12.0. The third kappa shape index (κ3) is 6.37. The lowest BCUT2D eigenvalue weighted by atomic mass is 9.88. The van der Waals surface area contributed by atoms with Crippen LogP contribution in [0.15, 0.2) is 40.7 Å². The Labute approximate surface area is 190 Å². The number of aryl methyl sites for hydroxylation is 1. The molecule has 1 aliphatic heterocycles. The second-order valence-corrected chi connectivity index (χ2v) is 9.00. The van der Waals surface area contributed by atoms with Gasteiger partial charge in [0.25, 0.3) is 0 Å². The van der Waals surface area contributed by atoms with Crippen molar-refractivity contribution in [3.63, 3.8) is 0 Å². The van der Waals surface area contributed by atoms with E-state index in [1.807, 2.05) is 24.5 Å². The Kier molecular flexibility index (Phi) is 9.03. The van der Waals surface area contributed by atoms with Crippen LogP contribution in [0.3, 0.4) is 0 Å². The van der Waals surface area contributed by atoms with E-state index in [0.29, 0.717) is 12.0 Å². The monoisotopic (exact) mass is 444 g/mol. The number of nitrogens with one attached hydrogen (secondary N) is 2. The quantitative estimate of drug-likeness (QED) is 0.348. The molecule has 0 saturated carbocycles. The molecule has 1 fully saturated rings. The highest BCUT2D eigenvalue weighted by molar-refractivity contribution is 7.10. The first-order valence-corrected chi connectivity index (χ1v) is 11.9. The molecule has 1 saturated heterocycles. The van der Waals surface area contributed by atoms with Gasteiger partial charge in [-0.05, 0) is 74.3 Å². The standard InChI is InChI=1S/C24H36N4O2S/c1-25-24(26-13-5-8-18-11-12-20(29-3)21(16-18)30-4)27-17-19-9-6-14-28(2)23(19)22-10-7-15-31-22/h7,10-12,15-16,19,23H,5-6,8-9,13-14,17H2,1-4H3,(H2,25,26,27). The number of nitrogens with zero attached hydrogens (tertiary/aromatic N) is 2. The summed E-state index contributed by atoms with van der Waals surface area (Å²) < 4.78 is 10.7. The van der Waals surface area contributed by atoms with Gasteiger partial charge in [-0.3, -0.25) is 9.89 Å². The van der Waals surface area contributed by atoms with Gasteiger partial charge in [0.05, 0.1) is 14.2 Å². The Morgan fingerprint density at radius 3 is 2.74 bits per heavy atom. The van der Waals surface area contributed by atoms with Crippen LogP contribution >= 0.6 is 11.3 Å². The summed E-state index contributed by atoms with van der Waals surface area (Å²) in [6.07, 6.45) is 4.48. The van der Waals surface area contributed by atoms with Crippen LogP contribution in [0.5, 0.6) is 11.5 Å². The molecule has 0 radical (unpaired) electrons. The van der Waals surface area contributed by atoms with E-state index in [1.165, 1.54) is 29.8 Å². The van der Waals surface area contributed by atoms with Crippen molar-refractivity contribution in [2.75, 3.05) is 47.9 Å². The van der Waals surface area contributed by atoms with Gasteiger partial charge in [-0.1, -0.05) is 12.1 Å². The summed E-state index contributed by atoms with van der Waals surface area (Å²) >= 11 is 1.86. The number of rotatable bonds is 9. The lowest BCUT2D eigenvalue weighted by Crippen LogP contribution is -2.45. The zero-order valence-corrected chi connectivity index (χ0v) is 20.0. The highest BCUT2D eigenvalue weighted by Crippen LogP contribution is 2.36. The van der Waals surface area contributed by atoms with E-state index in [9.17, 15) is 0 Å². The van der Waals surface area contributed by atoms with Crippen molar-refractivity contribution in [2.24, 2.45) is 10.9 Å². The Morgan fingerprint density at radius 2 is 2.03 bits per heavy atom. The zero-order chi connectivity index (χ0) is 22.1. The first kappa shape index (κ1) is 23.4. The van der Waals surface area contributed by atoms with Crippen molar-refractivity contribution in [3.8, 4) is 11.5 Å². The van der Waals surface area contributed by atoms with Gasteiger partial charge < -0.3 is 20.1 Å². The molecule has 1 aliphatic rings. The van der Waals surface area contributed by atoms with E-state index >= 15 is 0 Å². The van der Waals surface area contributed by atoms with Gasteiger partial charge in [0.1, 0.15) is 0 Å². The summed E-state index contributed by atoms with van der Waals surface area (Å²) in [6, 6.07) is 11.0. The number of aliphatic imine (C=N–C) groups is 1. The molecular formula is C24H36N4O2S. The van der Waals surface area contributed by atoms with Crippen LogP contribution in [0, 0.1) is 5.92 Å². The first-order valence-electron chi connectivity index (χ1n) is 11.0. The van der Waals surface area contributed by atoms with Gasteiger partial charge in [0, 0.05) is 31.1 Å². The fraction of sp³-hybridized carbons (Fsp3) is 0.542. The van der Waals surface area contributed by atoms with Crippen molar-refractivity contribution in [1.29, 1.82) is 0 Å². The van der Waals surface area contributed by atoms with Crippen LogP contribution in [0.4, 0.5) is 0 Å². The van der Waals surface area contributed by atoms with Gasteiger partial charge in [0.2, 0.25) is 0 Å². The predicted molar refractivity (Wildman–Crippen MR) is 130 cm³/mol. The van der Waals surface area contributed by atoms with Gasteiger partial charge in [-0.15, -0.1) is 11.3 Å². The van der Waals surface area contributed by atoms with Gasteiger partial charge in [-0.2, -0.15) is 0 Å². The van der Waals surface area contributed by atoms with E-state index in [0.717, 1.165) is 43.4 Å². The number of likely N-dealkylation sites (tertiary alicyclic amines) is 1. The van der Waals surface area contributed by atoms with Crippen molar-refractivity contribution < 1.29 is 9.47 Å². The maximum atomic E-state index is 5.40. The minimum absolute atomic E-state index is 0.490. The number of guanidine groups is 1. The number of hydrogen-bond acceptors (Lipinski definition) is 5. The first-order chi connectivity index (χ1) is 15.2.